The van der Waals surface area contributed by atoms with E-state index in [1.807, 2.05) is 0 Å². The largest absolute Gasteiger partial charge is 0.505 e. The average molecular weight is 248 g/mol. The number of halogens is 2. The third kappa shape index (κ3) is 2.84. The van der Waals surface area contributed by atoms with Gasteiger partial charge in [0, 0.05) is 16.6 Å². The molecule has 88 valence electrons. The van der Waals surface area contributed by atoms with E-state index in [1.165, 1.54) is 13.2 Å². The molecule has 0 bridgehead atoms. The minimum Gasteiger partial charge on any atom is -0.505 e. The lowest BCUT2D eigenvalue weighted by atomic mass is 10.0. The number of benzene rings is 1. The number of methoxy groups -OCH3 is 1. The van der Waals surface area contributed by atoms with Gasteiger partial charge in [0.25, 0.3) is 0 Å². The van der Waals surface area contributed by atoms with E-state index in [9.17, 15) is 14.3 Å². The van der Waals surface area contributed by atoms with Gasteiger partial charge >= 0.3 is 5.97 Å². The van der Waals surface area contributed by atoms with E-state index < -0.39 is 23.6 Å². The number of rotatable bonds is 3. The first-order chi connectivity index (χ1) is 7.45. The van der Waals surface area contributed by atoms with Crippen molar-refractivity contribution in [2.75, 3.05) is 7.11 Å². The highest BCUT2D eigenvalue weighted by Crippen LogP contribution is 2.30. The van der Waals surface area contributed by atoms with Crippen molar-refractivity contribution in [1.82, 2.24) is 0 Å². The van der Waals surface area contributed by atoms with Gasteiger partial charge in [-0.2, -0.15) is 0 Å². The molecule has 0 saturated heterocycles. The molecule has 4 nitrogen and oxygen atoms in total. The molecule has 0 aliphatic heterocycles. The minimum absolute atomic E-state index is 0.0791. The molecule has 1 rings (SSSR count). The number of nitrogens with two attached hydrogens (primary N) is 1. The Labute approximate surface area is 96.8 Å². The number of carbonyl (C=O) groups is 1. The van der Waals surface area contributed by atoms with Crippen LogP contribution < -0.4 is 5.73 Å². The number of hydrogen-bond donors (Lipinski definition) is 2. The Morgan fingerprint density at radius 1 is 1.69 bits per heavy atom. The predicted molar refractivity (Wildman–Crippen MR) is 56.6 cm³/mol. The molecular formula is C10H11ClFNO3. The summed E-state index contributed by atoms with van der Waals surface area (Å²) >= 11 is 5.61. The summed E-state index contributed by atoms with van der Waals surface area (Å²) in [5.41, 5.74) is 5.70. The first-order valence-electron chi connectivity index (χ1n) is 4.46. The Hall–Kier alpha value is -1.33. The lowest BCUT2D eigenvalue weighted by molar-refractivity contribution is -0.141. The quantitative estimate of drug-likeness (QED) is 0.798. The highest BCUT2D eigenvalue weighted by atomic mass is 35.5. The van der Waals surface area contributed by atoms with E-state index in [2.05, 4.69) is 4.74 Å². The maximum absolute atomic E-state index is 13.1. The minimum atomic E-state index is -0.872. The maximum atomic E-state index is 13.1. The molecule has 0 saturated carbocycles. The van der Waals surface area contributed by atoms with Crippen molar-refractivity contribution in [3.8, 4) is 5.75 Å². The Kier molecular flexibility index (Phi) is 4.09. The molecular weight excluding hydrogens is 237 g/mol. The molecule has 1 atom stereocenters. The van der Waals surface area contributed by atoms with Crippen LogP contribution in [-0.2, 0) is 9.53 Å². The number of esters is 1. The summed E-state index contributed by atoms with van der Waals surface area (Å²) in [6.45, 7) is 0. The second-order valence-electron chi connectivity index (χ2n) is 3.21. The lowest BCUT2D eigenvalue weighted by Crippen LogP contribution is -2.16. The topological polar surface area (TPSA) is 72.5 Å². The van der Waals surface area contributed by atoms with E-state index in [0.29, 0.717) is 0 Å². The van der Waals surface area contributed by atoms with Crippen LogP contribution in [0.5, 0.6) is 5.75 Å². The van der Waals surface area contributed by atoms with Crippen molar-refractivity contribution < 1.29 is 19.0 Å². The second-order valence-corrected chi connectivity index (χ2v) is 3.65. The van der Waals surface area contributed by atoms with Gasteiger partial charge < -0.3 is 15.6 Å². The Balaban J connectivity index is 2.99. The second kappa shape index (κ2) is 5.14. The van der Waals surface area contributed by atoms with Crippen molar-refractivity contribution in [2.24, 2.45) is 5.73 Å². The number of ether oxygens (including phenoxy) is 1. The van der Waals surface area contributed by atoms with Gasteiger partial charge in [-0.1, -0.05) is 11.6 Å². The molecule has 1 aromatic rings. The van der Waals surface area contributed by atoms with Crippen molar-refractivity contribution in [3.05, 3.63) is 28.5 Å². The highest BCUT2D eigenvalue weighted by Gasteiger charge is 2.18. The monoisotopic (exact) mass is 247 g/mol. The normalized spacial score (nSPS) is 12.2. The van der Waals surface area contributed by atoms with Gasteiger partial charge in [-0.3, -0.25) is 4.79 Å². The van der Waals surface area contributed by atoms with Crippen LogP contribution in [0.2, 0.25) is 5.02 Å². The van der Waals surface area contributed by atoms with Gasteiger partial charge in [0.2, 0.25) is 0 Å². The molecule has 1 aromatic carbocycles. The fourth-order valence-corrected chi connectivity index (χ4v) is 1.45. The van der Waals surface area contributed by atoms with E-state index >= 15 is 0 Å². The summed E-state index contributed by atoms with van der Waals surface area (Å²) in [5.74, 6) is -2.02. The van der Waals surface area contributed by atoms with Crippen LogP contribution in [0.4, 0.5) is 4.39 Å². The van der Waals surface area contributed by atoms with Gasteiger partial charge in [0.1, 0.15) is 0 Å². The number of aromatic hydroxyl groups is 1. The fraction of sp³-hybridized carbons (Fsp3) is 0.300. The van der Waals surface area contributed by atoms with E-state index in [-0.39, 0.29) is 17.0 Å². The van der Waals surface area contributed by atoms with Crippen LogP contribution in [0.15, 0.2) is 12.1 Å². The Bertz CT molecular complexity index is 411. The lowest BCUT2D eigenvalue weighted by Gasteiger charge is -2.13. The molecule has 0 heterocycles. The zero-order valence-electron chi connectivity index (χ0n) is 8.54. The van der Waals surface area contributed by atoms with Crippen molar-refractivity contribution in [2.45, 2.75) is 12.5 Å². The summed E-state index contributed by atoms with van der Waals surface area (Å²) in [5, 5.41) is 9.51. The van der Waals surface area contributed by atoms with Gasteiger partial charge in [-0.05, 0) is 12.1 Å². The molecule has 0 aliphatic rings. The average Bonchev–Trinajstić information content (AvgIpc) is 2.22. The van der Waals surface area contributed by atoms with Crippen LogP contribution in [0, 0.1) is 5.82 Å². The first-order valence-corrected chi connectivity index (χ1v) is 4.83. The van der Waals surface area contributed by atoms with Gasteiger partial charge in [0.05, 0.1) is 13.5 Å². The zero-order chi connectivity index (χ0) is 12.3. The molecule has 0 aliphatic carbocycles. The van der Waals surface area contributed by atoms with Crippen molar-refractivity contribution in [3.63, 3.8) is 0 Å². The number of carbonyl (C=O) groups excluding carboxylic acids is 1. The summed E-state index contributed by atoms with van der Waals surface area (Å²) in [6.07, 6.45) is -0.163. The van der Waals surface area contributed by atoms with Gasteiger partial charge in [-0.25, -0.2) is 4.39 Å². The molecule has 6 heteroatoms. The Morgan fingerprint density at radius 3 is 2.88 bits per heavy atom. The van der Waals surface area contributed by atoms with Gasteiger partial charge in [-0.15, -0.1) is 0 Å². The summed E-state index contributed by atoms with van der Waals surface area (Å²) in [4.78, 5) is 11.0. The van der Waals surface area contributed by atoms with Crippen LogP contribution in [0.3, 0.4) is 0 Å². The van der Waals surface area contributed by atoms with Crippen molar-refractivity contribution in [1.29, 1.82) is 0 Å². The van der Waals surface area contributed by atoms with Crippen LogP contribution in [-0.4, -0.2) is 18.2 Å². The highest BCUT2D eigenvalue weighted by molar-refractivity contribution is 6.30. The maximum Gasteiger partial charge on any atom is 0.307 e. The fourth-order valence-electron chi connectivity index (χ4n) is 1.24. The molecule has 0 amide bonds. The van der Waals surface area contributed by atoms with Gasteiger partial charge in [0.15, 0.2) is 11.6 Å². The van der Waals surface area contributed by atoms with Crippen LogP contribution in [0.1, 0.15) is 18.0 Å². The van der Waals surface area contributed by atoms with Crippen LogP contribution >= 0.6 is 11.6 Å². The number of phenolic OH excluding ortho intramolecular Hbond substituents is 1. The molecule has 0 aromatic heterocycles. The molecule has 3 N–H and O–H groups in total. The first kappa shape index (κ1) is 12.7. The molecule has 0 fully saturated rings. The number of phenols is 1. The molecule has 0 spiro atoms. The number of hydrogen-bond acceptors (Lipinski definition) is 4. The molecule has 0 radical (unpaired) electrons. The summed E-state index contributed by atoms with van der Waals surface area (Å²) in [6, 6.07) is 1.42. The smallest absolute Gasteiger partial charge is 0.307 e. The standard InChI is InChI=1S/C10H11ClFNO3/c1-16-9(14)4-8(13)6-2-5(11)3-7(12)10(6)15/h2-3,8,15H,4,13H2,1H3/t8-/m1/s1. The molecule has 0 unspecified atom stereocenters. The predicted octanol–water partition coefficient (Wildman–Crippen LogP) is 1.75. The molecule has 16 heavy (non-hydrogen) atoms. The van der Waals surface area contributed by atoms with E-state index in [1.54, 1.807) is 0 Å². The van der Waals surface area contributed by atoms with E-state index in [0.717, 1.165) is 6.07 Å². The third-order valence-electron chi connectivity index (χ3n) is 2.07. The SMILES string of the molecule is COC(=O)C[C@@H](N)c1cc(Cl)cc(F)c1O. The van der Waals surface area contributed by atoms with E-state index in [4.69, 9.17) is 17.3 Å². The zero-order valence-corrected chi connectivity index (χ0v) is 9.29. The summed E-state index contributed by atoms with van der Waals surface area (Å²) in [7, 11) is 1.22. The summed E-state index contributed by atoms with van der Waals surface area (Å²) < 4.78 is 17.5. The van der Waals surface area contributed by atoms with Crippen LogP contribution in [0.25, 0.3) is 0 Å². The van der Waals surface area contributed by atoms with Crippen molar-refractivity contribution >= 4 is 17.6 Å². The third-order valence-corrected chi connectivity index (χ3v) is 2.29. The Morgan fingerprint density at radius 2 is 2.31 bits per heavy atom.